The molecule has 2 amide bonds. The molecule has 5 nitrogen and oxygen atoms in total. The van der Waals surface area contributed by atoms with Crippen LogP contribution in [0.15, 0.2) is 4.99 Å². The molecule has 0 saturated carbocycles. The van der Waals surface area contributed by atoms with Gasteiger partial charge >= 0.3 is 6.03 Å². The number of nitrogens with one attached hydrogen (secondary N) is 1. The van der Waals surface area contributed by atoms with Crippen LogP contribution in [-0.4, -0.2) is 29.6 Å². The fourth-order valence-electron chi connectivity index (χ4n) is 0.802. The summed E-state index contributed by atoms with van der Waals surface area (Å²) in [6.45, 7) is 3.81. The Labute approximate surface area is 65.3 Å². The average molecular weight is 156 g/mol. The summed E-state index contributed by atoms with van der Waals surface area (Å²) in [7, 11) is 0. The van der Waals surface area contributed by atoms with E-state index in [1.807, 2.05) is 13.8 Å². The number of amides is 2. The molecule has 0 spiro atoms. The first-order chi connectivity index (χ1) is 5.11. The van der Waals surface area contributed by atoms with Crippen molar-refractivity contribution in [3.05, 3.63) is 0 Å². The number of nitrogens with zero attached hydrogens (tertiary/aromatic N) is 2. The monoisotopic (exact) mass is 156 g/mol. The number of aliphatic imine (C=N–C) groups is 1. The third-order valence-electron chi connectivity index (χ3n) is 1.41. The van der Waals surface area contributed by atoms with Crippen LogP contribution in [0.4, 0.5) is 4.79 Å². The molecule has 0 saturated heterocycles. The number of rotatable bonds is 1. The lowest BCUT2D eigenvalue weighted by Gasteiger charge is -2.27. The minimum atomic E-state index is -0.586. The Hall–Kier alpha value is -1.10. The molecule has 1 rings (SSSR count). The fraction of sp³-hybridized carbons (Fsp3) is 0.667. The lowest BCUT2D eigenvalue weighted by molar-refractivity contribution is 0.206. The Kier molecular flexibility index (Phi) is 2.09. The van der Waals surface area contributed by atoms with Gasteiger partial charge in [-0.2, -0.15) is 0 Å². The molecule has 0 radical (unpaired) electrons. The van der Waals surface area contributed by atoms with Crippen LogP contribution < -0.4 is 11.1 Å². The smallest absolute Gasteiger partial charge is 0.303 e. The molecule has 1 aliphatic rings. The molecule has 0 aromatic carbocycles. The van der Waals surface area contributed by atoms with E-state index in [0.29, 0.717) is 0 Å². The average Bonchev–Trinajstić information content (AvgIpc) is 1.85. The van der Waals surface area contributed by atoms with E-state index in [4.69, 9.17) is 5.73 Å². The van der Waals surface area contributed by atoms with Crippen molar-refractivity contribution in [3.8, 4) is 0 Å². The number of nitrogens with two attached hydrogens (primary N) is 1. The van der Waals surface area contributed by atoms with Crippen molar-refractivity contribution in [1.29, 1.82) is 0 Å². The SMILES string of the molecule is CC(C)N1C=NC(N)NC1=O. The first kappa shape index (κ1) is 8.00. The summed E-state index contributed by atoms with van der Waals surface area (Å²) in [4.78, 5) is 16.4. The Morgan fingerprint density at radius 1 is 1.82 bits per heavy atom. The highest BCUT2D eigenvalue weighted by Gasteiger charge is 2.20. The van der Waals surface area contributed by atoms with Gasteiger partial charge in [0.25, 0.3) is 0 Å². The first-order valence-corrected chi connectivity index (χ1v) is 3.49. The molecule has 1 atom stereocenters. The molecule has 0 aromatic rings. The molecule has 0 bridgehead atoms. The Bertz CT molecular complexity index is 189. The maximum Gasteiger partial charge on any atom is 0.325 e. The zero-order valence-electron chi connectivity index (χ0n) is 6.61. The van der Waals surface area contributed by atoms with Gasteiger partial charge in [-0.15, -0.1) is 0 Å². The summed E-state index contributed by atoms with van der Waals surface area (Å²) in [5.74, 6) is 0. The molecule has 0 aliphatic carbocycles. The van der Waals surface area contributed by atoms with Crippen molar-refractivity contribution in [2.45, 2.75) is 26.2 Å². The van der Waals surface area contributed by atoms with E-state index in [-0.39, 0.29) is 12.1 Å². The molecule has 0 aromatic heterocycles. The second-order valence-corrected chi connectivity index (χ2v) is 2.66. The zero-order valence-corrected chi connectivity index (χ0v) is 6.61. The highest BCUT2D eigenvalue weighted by Crippen LogP contribution is 1.99. The van der Waals surface area contributed by atoms with Crippen LogP contribution in [0, 0.1) is 0 Å². The van der Waals surface area contributed by atoms with Gasteiger partial charge in [-0.3, -0.25) is 10.6 Å². The molecule has 62 valence electrons. The maximum atomic E-state index is 11.1. The van der Waals surface area contributed by atoms with Crippen molar-refractivity contribution in [2.24, 2.45) is 10.7 Å². The van der Waals surface area contributed by atoms with E-state index in [1.54, 1.807) is 0 Å². The standard InChI is InChI=1S/C6H12N4O/c1-4(2)10-3-8-5(7)9-6(10)11/h3-5H,7H2,1-2H3,(H,9,11). The van der Waals surface area contributed by atoms with Crippen LogP contribution in [0.2, 0.25) is 0 Å². The van der Waals surface area contributed by atoms with Crippen molar-refractivity contribution < 1.29 is 4.79 Å². The minimum Gasteiger partial charge on any atom is -0.303 e. The van der Waals surface area contributed by atoms with E-state index in [1.165, 1.54) is 11.2 Å². The summed E-state index contributed by atoms with van der Waals surface area (Å²) >= 11 is 0. The summed E-state index contributed by atoms with van der Waals surface area (Å²) in [6.07, 6.45) is 0.881. The predicted molar refractivity (Wildman–Crippen MR) is 42.0 cm³/mol. The van der Waals surface area contributed by atoms with Crippen molar-refractivity contribution in [1.82, 2.24) is 10.2 Å². The zero-order chi connectivity index (χ0) is 8.43. The molecule has 1 aliphatic heterocycles. The third-order valence-corrected chi connectivity index (χ3v) is 1.41. The molecule has 1 heterocycles. The first-order valence-electron chi connectivity index (χ1n) is 3.49. The number of carbonyl (C=O) groups is 1. The van der Waals surface area contributed by atoms with E-state index in [9.17, 15) is 4.79 Å². The summed E-state index contributed by atoms with van der Waals surface area (Å²) in [6, 6.07) is -0.0752. The van der Waals surface area contributed by atoms with Crippen LogP contribution in [0.5, 0.6) is 0 Å². The summed E-state index contributed by atoms with van der Waals surface area (Å²) < 4.78 is 0. The van der Waals surface area contributed by atoms with Gasteiger partial charge in [-0.25, -0.2) is 9.79 Å². The van der Waals surface area contributed by atoms with Gasteiger partial charge in [0.15, 0.2) is 6.29 Å². The third kappa shape index (κ3) is 1.68. The highest BCUT2D eigenvalue weighted by atomic mass is 16.2. The van der Waals surface area contributed by atoms with Crippen molar-refractivity contribution in [3.63, 3.8) is 0 Å². The molecular weight excluding hydrogens is 144 g/mol. The predicted octanol–water partition coefficient (Wildman–Crippen LogP) is -0.309. The van der Waals surface area contributed by atoms with E-state index in [2.05, 4.69) is 10.3 Å². The summed E-state index contributed by atoms with van der Waals surface area (Å²) in [5, 5.41) is 2.48. The van der Waals surface area contributed by atoms with Gasteiger partial charge in [-0.05, 0) is 13.8 Å². The number of carbonyl (C=O) groups excluding carboxylic acids is 1. The second kappa shape index (κ2) is 2.87. The van der Waals surface area contributed by atoms with E-state index < -0.39 is 6.29 Å². The van der Waals surface area contributed by atoms with Crippen molar-refractivity contribution in [2.75, 3.05) is 0 Å². The number of hydrogen-bond donors (Lipinski definition) is 2. The lowest BCUT2D eigenvalue weighted by atomic mass is 10.3. The highest BCUT2D eigenvalue weighted by molar-refractivity contribution is 5.88. The van der Waals surface area contributed by atoms with E-state index in [0.717, 1.165) is 0 Å². The van der Waals surface area contributed by atoms with E-state index >= 15 is 0 Å². The quantitative estimate of drug-likeness (QED) is 0.546. The molecule has 11 heavy (non-hydrogen) atoms. The number of urea groups is 1. The Balaban J connectivity index is 2.68. The van der Waals surface area contributed by atoms with Gasteiger partial charge < -0.3 is 5.32 Å². The maximum absolute atomic E-state index is 11.1. The van der Waals surface area contributed by atoms with Crippen LogP contribution in [0.25, 0.3) is 0 Å². The van der Waals surface area contributed by atoms with Crippen LogP contribution in [0.1, 0.15) is 13.8 Å². The topological polar surface area (TPSA) is 70.7 Å². The molecular formula is C6H12N4O. The molecule has 5 heteroatoms. The van der Waals surface area contributed by atoms with Gasteiger partial charge in [0.1, 0.15) is 0 Å². The van der Waals surface area contributed by atoms with Gasteiger partial charge in [0.05, 0.1) is 6.34 Å². The van der Waals surface area contributed by atoms with Crippen molar-refractivity contribution >= 4 is 12.4 Å². The molecule has 3 N–H and O–H groups in total. The van der Waals surface area contributed by atoms with Gasteiger partial charge in [0.2, 0.25) is 0 Å². The summed E-state index contributed by atoms with van der Waals surface area (Å²) in [5.41, 5.74) is 5.33. The van der Waals surface area contributed by atoms with Gasteiger partial charge in [-0.1, -0.05) is 0 Å². The normalized spacial score (nSPS) is 24.2. The largest absolute Gasteiger partial charge is 0.325 e. The van der Waals surface area contributed by atoms with Gasteiger partial charge in [0, 0.05) is 6.04 Å². The molecule has 1 unspecified atom stereocenters. The fourth-order valence-corrected chi connectivity index (χ4v) is 0.802. The Morgan fingerprint density at radius 2 is 2.45 bits per heavy atom. The van der Waals surface area contributed by atoms with Crippen LogP contribution >= 0.6 is 0 Å². The molecule has 0 fully saturated rings. The minimum absolute atomic E-state index is 0.117. The second-order valence-electron chi connectivity index (χ2n) is 2.66. The Morgan fingerprint density at radius 3 is 2.91 bits per heavy atom. The van der Waals surface area contributed by atoms with Crippen LogP contribution in [0.3, 0.4) is 0 Å². The van der Waals surface area contributed by atoms with Crippen LogP contribution in [-0.2, 0) is 0 Å². The lowest BCUT2D eigenvalue weighted by Crippen LogP contribution is -2.53. The number of hydrogen-bond acceptors (Lipinski definition) is 3.